The van der Waals surface area contributed by atoms with Crippen molar-refractivity contribution in [2.24, 2.45) is 0 Å². The van der Waals surface area contributed by atoms with E-state index in [4.69, 9.17) is 0 Å². The molecule has 7 nitrogen and oxygen atoms in total. The number of carbonyl (C=O) groups excluding carboxylic acids is 2. The lowest BCUT2D eigenvalue weighted by atomic mass is 10.2. The van der Waals surface area contributed by atoms with Crippen LogP contribution in [0.15, 0.2) is 24.3 Å². The number of amides is 2. The average Bonchev–Trinajstić information content (AvgIpc) is 2.76. The van der Waals surface area contributed by atoms with Crippen LogP contribution in [0, 0.1) is 10.1 Å². The molecule has 1 heterocycles. The quantitative estimate of drug-likeness (QED) is 0.611. The van der Waals surface area contributed by atoms with Gasteiger partial charge in [-0.1, -0.05) is 6.07 Å². The predicted octanol–water partition coefficient (Wildman–Crippen LogP) is 0.812. The summed E-state index contributed by atoms with van der Waals surface area (Å²) >= 11 is 0. The van der Waals surface area contributed by atoms with Crippen molar-refractivity contribution in [1.29, 1.82) is 0 Å². The summed E-state index contributed by atoms with van der Waals surface area (Å²) < 4.78 is 0. The molecule has 1 unspecified atom stereocenters. The molecule has 0 radical (unpaired) electrons. The van der Waals surface area contributed by atoms with Crippen molar-refractivity contribution in [1.82, 2.24) is 5.32 Å². The molecular weight excluding hydrogens is 238 g/mol. The van der Waals surface area contributed by atoms with E-state index in [1.54, 1.807) is 6.07 Å². The van der Waals surface area contributed by atoms with Gasteiger partial charge in [-0.15, -0.1) is 0 Å². The maximum Gasteiger partial charge on any atom is 0.271 e. The first-order valence-corrected chi connectivity index (χ1v) is 5.41. The van der Waals surface area contributed by atoms with Crippen LogP contribution in [0.5, 0.6) is 0 Å². The van der Waals surface area contributed by atoms with Gasteiger partial charge in [0.25, 0.3) is 5.69 Å². The molecule has 2 rings (SSSR count). The Kier molecular flexibility index (Phi) is 3.22. The SMILES string of the molecule is O=C1CCC(C(=O)Nc2cccc([N+](=O)[O-])c2)N1. The standard InChI is InChI=1S/C11H11N3O4/c15-10-5-4-9(13-10)11(16)12-7-2-1-3-8(6-7)14(17)18/h1-3,6,9H,4-5H2,(H,12,16)(H,13,15). The van der Waals surface area contributed by atoms with Gasteiger partial charge in [0, 0.05) is 24.2 Å². The minimum absolute atomic E-state index is 0.0942. The Morgan fingerprint density at radius 3 is 2.89 bits per heavy atom. The summed E-state index contributed by atoms with van der Waals surface area (Å²) in [5, 5.41) is 15.6. The Labute approximate surface area is 102 Å². The molecule has 1 saturated heterocycles. The number of hydrogen-bond acceptors (Lipinski definition) is 4. The van der Waals surface area contributed by atoms with Crippen LogP contribution in [0.1, 0.15) is 12.8 Å². The first-order valence-electron chi connectivity index (χ1n) is 5.41. The molecule has 0 bridgehead atoms. The number of nitrogens with zero attached hydrogens (tertiary/aromatic N) is 1. The molecule has 18 heavy (non-hydrogen) atoms. The Bertz CT molecular complexity index is 515. The minimum Gasteiger partial charge on any atom is -0.344 e. The third-order valence-corrected chi connectivity index (χ3v) is 2.64. The number of hydrogen-bond donors (Lipinski definition) is 2. The highest BCUT2D eigenvalue weighted by molar-refractivity contribution is 5.99. The summed E-state index contributed by atoms with van der Waals surface area (Å²) in [6.07, 6.45) is 0.770. The lowest BCUT2D eigenvalue weighted by Crippen LogP contribution is -2.37. The van der Waals surface area contributed by atoms with Crippen molar-refractivity contribution in [2.45, 2.75) is 18.9 Å². The largest absolute Gasteiger partial charge is 0.344 e. The number of anilines is 1. The second kappa shape index (κ2) is 4.82. The van der Waals surface area contributed by atoms with Gasteiger partial charge >= 0.3 is 0 Å². The van der Waals surface area contributed by atoms with Crippen LogP contribution in [-0.2, 0) is 9.59 Å². The van der Waals surface area contributed by atoms with E-state index in [0.29, 0.717) is 18.5 Å². The molecule has 1 aliphatic heterocycles. The zero-order valence-corrected chi connectivity index (χ0v) is 9.38. The molecule has 0 aromatic heterocycles. The van der Waals surface area contributed by atoms with E-state index >= 15 is 0 Å². The molecule has 94 valence electrons. The van der Waals surface area contributed by atoms with Gasteiger partial charge in [0.1, 0.15) is 6.04 Å². The van der Waals surface area contributed by atoms with Gasteiger partial charge in [0.05, 0.1) is 4.92 Å². The van der Waals surface area contributed by atoms with Crippen molar-refractivity contribution in [3.63, 3.8) is 0 Å². The molecule has 2 N–H and O–H groups in total. The van der Waals surface area contributed by atoms with Crippen molar-refractivity contribution in [2.75, 3.05) is 5.32 Å². The summed E-state index contributed by atoms with van der Waals surface area (Å²) in [6.45, 7) is 0. The van der Waals surface area contributed by atoms with Crippen LogP contribution in [0.25, 0.3) is 0 Å². The summed E-state index contributed by atoms with van der Waals surface area (Å²) in [5.41, 5.74) is 0.249. The summed E-state index contributed by atoms with van der Waals surface area (Å²) in [5.74, 6) is -0.518. The van der Waals surface area contributed by atoms with Crippen LogP contribution < -0.4 is 10.6 Å². The number of non-ortho nitro benzene ring substituents is 1. The zero-order chi connectivity index (χ0) is 13.1. The Morgan fingerprint density at radius 1 is 1.50 bits per heavy atom. The van der Waals surface area contributed by atoms with Crippen LogP contribution in [-0.4, -0.2) is 22.8 Å². The molecule has 1 aromatic rings. The molecule has 1 atom stereocenters. The summed E-state index contributed by atoms with van der Waals surface area (Å²) in [4.78, 5) is 32.8. The lowest BCUT2D eigenvalue weighted by molar-refractivity contribution is -0.384. The fourth-order valence-corrected chi connectivity index (χ4v) is 1.74. The van der Waals surface area contributed by atoms with Gasteiger partial charge in [-0.2, -0.15) is 0 Å². The highest BCUT2D eigenvalue weighted by atomic mass is 16.6. The van der Waals surface area contributed by atoms with Crippen molar-refractivity contribution in [3.8, 4) is 0 Å². The number of nitro groups is 1. The number of carbonyl (C=O) groups is 2. The second-order valence-corrected chi connectivity index (χ2v) is 3.96. The van der Waals surface area contributed by atoms with Gasteiger partial charge in [-0.25, -0.2) is 0 Å². The van der Waals surface area contributed by atoms with E-state index in [9.17, 15) is 19.7 Å². The molecule has 2 amide bonds. The van der Waals surface area contributed by atoms with Crippen LogP contribution in [0.2, 0.25) is 0 Å². The number of nitrogens with one attached hydrogen (secondary N) is 2. The highest BCUT2D eigenvalue weighted by Crippen LogP contribution is 2.18. The van der Waals surface area contributed by atoms with Gasteiger partial charge in [0.15, 0.2) is 0 Å². The van der Waals surface area contributed by atoms with Gasteiger partial charge in [-0.3, -0.25) is 19.7 Å². The molecule has 0 saturated carbocycles. The Morgan fingerprint density at radius 2 is 2.28 bits per heavy atom. The molecular formula is C11H11N3O4. The van der Waals surface area contributed by atoms with E-state index in [0.717, 1.165) is 0 Å². The summed E-state index contributed by atoms with van der Waals surface area (Å²) in [6, 6.07) is 5.10. The molecule has 1 fully saturated rings. The average molecular weight is 249 g/mol. The third kappa shape index (κ3) is 2.62. The number of nitro benzene ring substituents is 1. The van der Waals surface area contributed by atoms with Gasteiger partial charge in [0.2, 0.25) is 11.8 Å². The van der Waals surface area contributed by atoms with Crippen molar-refractivity contribution < 1.29 is 14.5 Å². The molecule has 0 spiro atoms. The van der Waals surface area contributed by atoms with Crippen molar-refractivity contribution >= 4 is 23.2 Å². The van der Waals surface area contributed by atoms with Gasteiger partial charge in [-0.05, 0) is 12.5 Å². The fraction of sp³-hybridized carbons (Fsp3) is 0.273. The van der Waals surface area contributed by atoms with Gasteiger partial charge < -0.3 is 10.6 Å². The maximum absolute atomic E-state index is 11.7. The Hall–Kier alpha value is -2.44. The molecule has 0 aliphatic carbocycles. The van der Waals surface area contributed by atoms with E-state index in [2.05, 4.69) is 10.6 Å². The van der Waals surface area contributed by atoms with E-state index in [1.165, 1.54) is 18.2 Å². The van der Waals surface area contributed by atoms with Crippen LogP contribution >= 0.6 is 0 Å². The highest BCUT2D eigenvalue weighted by Gasteiger charge is 2.27. The van der Waals surface area contributed by atoms with E-state index < -0.39 is 11.0 Å². The predicted molar refractivity (Wildman–Crippen MR) is 62.9 cm³/mol. The molecule has 7 heteroatoms. The third-order valence-electron chi connectivity index (χ3n) is 2.64. The minimum atomic E-state index is -0.559. The number of benzene rings is 1. The van der Waals surface area contributed by atoms with E-state index in [1.807, 2.05) is 0 Å². The topological polar surface area (TPSA) is 101 Å². The normalized spacial score (nSPS) is 18.2. The monoisotopic (exact) mass is 249 g/mol. The first-order chi connectivity index (χ1) is 8.56. The molecule has 1 aliphatic rings. The Balaban J connectivity index is 2.05. The fourth-order valence-electron chi connectivity index (χ4n) is 1.74. The van der Waals surface area contributed by atoms with Crippen molar-refractivity contribution in [3.05, 3.63) is 34.4 Å². The van der Waals surface area contributed by atoms with Crippen LogP contribution in [0.4, 0.5) is 11.4 Å². The number of rotatable bonds is 3. The maximum atomic E-state index is 11.7. The smallest absolute Gasteiger partial charge is 0.271 e. The second-order valence-electron chi connectivity index (χ2n) is 3.96. The van der Waals surface area contributed by atoms with E-state index in [-0.39, 0.29) is 17.5 Å². The lowest BCUT2D eigenvalue weighted by Gasteiger charge is -2.10. The zero-order valence-electron chi connectivity index (χ0n) is 9.38. The van der Waals surface area contributed by atoms with Crippen LogP contribution in [0.3, 0.4) is 0 Å². The molecule has 1 aromatic carbocycles. The first kappa shape index (κ1) is 12.0. The summed E-state index contributed by atoms with van der Waals surface area (Å²) in [7, 11) is 0.